The lowest BCUT2D eigenvalue weighted by Crippen LogP contribution is -2.38. The Balaban J connectivity index is 2.67. The van der Waals surface area contributed by atoms with Gasteiger partial charge in [0, 0.05) is 5.46 Å². The van der Waals surface area contributed by atoms with Gasteiger partial charge in [-0.15, -0.1) is 0 Å². The molecule has 0 saturated carbocycles. The normalized spacial score (nSPS) is 19.4. The summed E-state index contributed by atoms with van der Waals surface area (Å²) in [6.07, 6.45) is 2.22. The summed E-state index contributed by atoms with van der Waals surface area (Å²) in [6.45, 7) is 11.3. The maximum Gasteiger partial charge on any atom is 0.492 e. The summed E-state index contributed by atoms with van der Waals surface area (Å²) in [5.41, 5.74) is 3.09. The molecule has 4 heteroatoms. The minimum Gasteiger partial charge on any atom is -0.494 e. The standard InChI is InChI=1S/C16H25BO3/c1-6-20-14-10-12-11(9-13(14)17(18)19)15(2,3)7-8-16(12,4)5/h9-10,18-19H,6-8H2,1-5H3. The van der Waals surface area contributed by atoms with Gasteiger partial charge in [0.2, 0.25) is 0 Å². The molecule has 110 valence electrons. The predicted molar refractivity (Wildman–Crippen MR) is 82.7 cm³/mol. The van der Waals surface area contributed by atoms with E-state index >= 15 is 0 Å². The number of benzene rings is 1. The highest BCUT2D eigenvalue weighted by Gasteiger charge is 2.38. The van der Waals surface area contributed by atoms with Gasteiger partial charge in [0.1, 0.15) is 5.75 Å². The molecular weight excluding hydrogens is 251 g/mol. The van der Waals surface area contributed by atoms with Crippen LogP contribution in [-0.2, 0) is 10.8 Å². The van der Waals surface area contributed by atoms with Crippen LogP contribution in [0.15, 0.2) is 12.1 Å². The third-order valence-electron chi connectivity index (χ3n) is 4.56. The summed E-state index contributed by atoms with van der Waals surface area (Å²) in [4.78, 5) is 0. The summed E-state index contributed by atoms with van der Waals surface area (Å²) in [6, 6.07) is 3.93. The van der Waals surface area contributed by atoms with Crippen LogP contribution in [0, 0.1) is 0 Å². The lowest BCUT2D eigenvalue weighted by Gasteiger charge is -2.42. The minimum absolute atomic E-state index is 0.0548. The van der Waals surface area contributed by atoms with Gasteiger partial charge < -0.3 is 14.8 Å². The molecule has 1 aromatic rings. The molecule has 2 rings (SSSR count). The van der Waals surface area contributed by atoms with Crippen molar-refractivity contribution in [3.8, 4) is 5.75 Å². The highest BCUT2D eigenvalue weighted by molar-refractivity contribution is 6.59. The molecule has 0 aliphatic heterocycles. The smallest absolute Gasteiger partial charge is 0.492 e. The van der Waals surface area contributed by atoms with E-state index in [0.29, 0.717) is 17.8 Å². The summed E-state index contributed by atoms with van der Waals surface area (Å²) < 4.78 is 5.61. The highest BCUT2D eigenvalue weighted by Crippen LogP contribution is 2.46. The average molecular weight is 276 g/mol. The summed E-state index contributed by atoms with van der Waals surface area (Å²) in [5.74, 6) is 0.590. The second-order valence-corrected chi connectivity index (χ2v) is 7.01. The summed E-state index contributed by atoms with van der Waals surface area (Å²) in [5, 5.41) is 19.2. The first-order valence-electron chi connectivity index (χ1n) is 7.37. The Morgan fingerprint density at radius 3 is 2.00 bits per heavy atom. The quantitative estimate of drug-likeness (QED) is 0.831. The fourth-order valence-electron chi connectivity index (χ4n) is 3.09. The van der Waals surface area contributed by atoms with Crippen LogP contribution < -0.4 is 10.2 Å². The van der Waals surface area contributed by atoms with Gasteiger partial charge >= 0.3 is 7.12 Å². The molecule has 1 aromatic carbocycles. The molecule has 0 aromatic heterocycles. The Bertz CT molecular complexity index is 507. The second kappa shape index (κ2) is 5.08. The molecule has 0 fully saturated rings. The van der Waals surface area contributed by atoms with Crippen molar-refractivity contribution in [3.63, 3.8) is 0 Å². The predicted octanol–water partition coefficient (Wildman–Crippen LogP) is 2.11. The molecule has 0 unspecified atom stereocenters. The second-order valence-electron chi connectivity index (χ2n) is 7.01. The van der Waals surface area contributed by atoms with Crippen LogP contribution in [0.4, 0.5) is 0 Å². The molecule has 0 radical (unpaired) electrons. The van der Waals surface area contributed by atoms with Crippen molar-refractivity contribution in [2.45, 2.75) is 58.3 Å². The van der Waals surface area contributed by atoms with E-state index in [1.54, 1.807) is 0 Å². The SMILES string of the molecule is CCOc1cc2c(cc1B(O)O)C(C)(C)CCC2(C)C. The van der Waals surface area contributed by atoms with E-state index in [0.717, 1.165) is 12.8 Å². The maximum absolute atomic E-state index is 9.61. The lowest BCUT2D eigenvalue weighted by molar-refractivity contribution is 0.319. The summed E-state index contributed by atoms with van der Waals surface area (Å²) >= 11 is 0. The fourth-order valence-corrected chi connectivity index (χ4v) is 3.09. The van der Waals surface area contributed by atoms with Crippen LogP contribution in [0.2, 0.25) is 0 Å². The first kappa shape index (κ1) is 15.4. The van der Waals surface area contributed by atoms with Gasteiger partial charge in [-0.25, -0.2) is 0 Å². The minimum atomic E-state index is -1.50. The van der Waals surface area contributed by atoms with Gasteiger partial charge in [-0.1, -0.05) is 33.8 Å². The molecule has 1 aliphatic carbocycles. The molecule has 0 atom stereocenters. The molecule has 1 aliphatic rings. The van der Waals surface area contributed by atoms with Gasteiger partial charge in [-0.05, 0) is 47.8 Å². The van der Waals surface area contributed by atoms with E-state index in [2.05, 4.69) is 27.7 Å². The molecular formula is C16H25BO3. The van der Waals surface area contributed by atoms with Crippen molar-refractivity contribution < 1.29 is 14.8 Å². The van der Waals surface area contributed by atoms with Crippen molar-refractivity contribution in [3.05, 3.63) is 23.3 Å². The molecule has 0 heterocycles. The van der Waals surface area contributed by atoms with Crippen LogP contribution >= 0.6 is 0 Å². The molecule has 0 saturated heterocycles. The third kappa shape index (κ3) is 2.59. The van der Waals surface area contributed by atoms with Gasteiger partial charge in [-0.3, -0.25) is 0 Å². The van der Waals surface area contributed by atoms with Crippen LogP contribution in [0.25, 0.3) is 0 Å². The van der Waals surface area contributed by atoms with Crippen molar-refractivity contribution >= 4 is 12.6 Å². The third-order valence-corrected chi connectivity index (χ3v) is 4.56. The zero-order chi connectivity index (χ0) is 15.1. The van der Waals surface area contributed by atoms with E-state index in [4.69, 9.17) is 4.74 Å². The Kier molecular flexibility index (Phi) is 3.91. The molecule has 0 amide bonds. The van der Waals surface area contributed by atoms with Crippen molar-refractivity contribution in [1.82, 2.24) is 0 Å². The lowest BCUT2D eigenvalue weighted by atomic mass is 9.61. The van der Waals surface area contributed by atoms with Crippen LogP contribution in [-0.4, -0.2) is 23.8 Å². The fraction of sp³-hybridized carbons (Fsp3) is 0.625. The van der Waals surface area contributed by atoms with E-state index in [-0.39, 0.29) is 10.8 Å². The van der Waals surface area contributed by atoms with Crippen LogP contribution in [0.1, 0.15) is 58.6 Å². The average Bonchev–Trinajstić information content (AvgIpc) is 2.35. The van der Waals surface area contributed by atoms with Crippen LogP contribution in [0.5, 0.6) is 5.75 Å². The Hall–Kier alpha value is -0.995. The molecule has 2 N–H and O–H groups in total. The number of hydrogen-bond acceptors (Lipinski definition) is 3. The van der Waals surface area contributed by atoms with Gasteiger partial charge in [0.25, 0.3) is 0 Å². The van der Waals surface area contributed by atoms with Gasteiger partial charge in [-0.2, -0.15) is 0 Å². The number of rotatable bonds is 3. The molecule has 0 bridgehead atoms. The maximum atomic E-state index is 9.61. The number of hydrogen-bond donors (Lipinski definition) is 2. The number of fused-ring (bicyclic) bond motifs is 1. The Labute approximate surface area is 122 Å². The largest absolute Gasteiger partial charge is 0.494 e. The van der Waals surface area contributed by atoms with Crippen molar-refractivity contribution in [2.24, 2.45) is 0 Å². The molecule has 0 spiro atoms. The van der Waals surface area contributed by atoms with E-state index in [9.17, 15) is 10.0 Å². The van der Waals surface area contributed by atoms with Crippen molar-refractivity contribution in [1.29, 1.82) is 0 Å². The molecule has 20 heavy (non-hydrogen) atoms. The Morgan fingerprint density at radius 1 is 1.05 bits per heavy atom. The summed E-state index contributed by atoms with van der Waals surface area (Å²) in [7, 11) is -1.50. The zero-order valence-electron chi connectivity index (χ0n) is 13.2. The van der Waals surface area contributed by atoms with E-state index in [1.807, 2.05) is 19.1 Å². The number of ether oxygens (including phenoxy) is 1. The monoisotopic (exact) mass is 276 g/mol. The molecule has 3 nitrogen and oxygen atoms in total. The Morgan fingerprint density at radius 2 is 1.55 bits per heavy atom. The van der Waals surface area contributed by atoms with Crippen molar-refractivity contribution in [2.75, 3.05) is 6.61 Å². The topological polar surface area (TPSA) is 49.7 Å². The first-order valence-corrected chi connectivity index (χ1v) is 7.37. The van der Waals surface area contributed by atoms with E-state index in [1.165, 1.54) is 11.1 Å². The van der Waals surface area contributed by atoms with Crippen LogP contribution in [0.3, 0.4) is 0 Å². The highest BCUT2D eigenvalue weighted by atomic mass is 16.5. The van der Waals surface area contributed by atoms with Gasteiger partial charge in [0.05, 0.1) is 6.61 Å². The zero-order valence-corrected chi connectivity index (χ0v) is 13.2. The first-order chi connectivity index (χ1) is 9.19. The van der Waals surface area contributed by atoms with Gasteiger partial charge in [0.15, 0.2) is 0 Å². The van der Waals surface area contributed by atoms with E-state index < -0.39 is 7.12 Å².